The lowest BCUT2D eigenvalue weighted by Crippen LogP contribution is -2.16. The molecule has 4 rings (SSSR count). The van der Waals surface area contributed by atoms with Crippen LogP contribution in [0.5, 0.6) is 5.75 Å². The lowest BCUT2D eigenvalue weighted by molar-refractivity contribution is 0.0601. The van der Waals surface area contributed by atoms with Crippen molar-refractivity contribution < 1.29 is 19.4 Å². The van der Waals surface area contributed by atoms with Gasteiger partial charge in [0, 0.05) is 10.4 Å². The molecule has 0 spiro atoms. The van der Waals surface area contributed by atoms with E-state index in [1.165, 1.54) is 36.1 Å². The Labute approximate surface area is 173 Å². The quantitative estimate of drug-likeness (QED) is 0.611. The molecule has 1 heterocycles. The number of benzene rings is 2. The number of fused-ring (bicyclic) bond motifs is 1. The first-order chi connectivity index (χ1) is 14.1. The third-order valence-corrected chi connectivity index (χ3v) is 6.45. The lowest BCUT2D eigenvalue weighted by atomic mass is 9.83. The first-order valence-corrected chi connectivity index (χ1v) is 10.3. The number of nitrogens with one attached hydrogen (secondary N) is 1. The van der Waals surface area contributed by atoms with Gasteiger partial charge < -0.3 is 15.2 Å². The summed E-state index contributed by atoms with van der Waals surface area (Å²) in [6.45, 7) is 0. The van der Waals surface area contributed by atoms with Crippen molar-refractivity contribution in [2.24, 2.45) is 0 Å². The van der Waals surface area contributed by atoms with E-state index in [4.69, 9.17) is 4.74 Å². The number of phenolic OH excluding ortho intramolecular Hbond substituents is 1. The van der Waals surface area contributed by atoms with Gasteiger partial charge in [-0.2, -0.15) is 0 Å². The van der Waals surface area contributed by atoms with Gasteiger partial charge in [-0.25, -0.2) is 4.79 Å². The number of ether oxygens (including phenoxy) is 1. The Morgan fingerprint density at radius 2 is 1.83 bits per heavy atom. The van der Waals surface area contributed by atoms with Crippen molar-refractivity contribution in [2.45, 2.75) is 25.2 Å². The third kappa shape index (κ3) is 3.89. The molecule has 6 heteroatoms. The summed E-state index contributed by atoms with van der Waals surface area (Å²) in [6, 6.07) is 16.4. The number of amides is 1. The van der Waals surface area contributed by atoms with Crippen LogP contribution in [0.25, 0.3) is 0 Å². The van der Waals surface area contributed by atoms with Crippen LogP contribution in [-0.4, -0.2) is 24.1 Å². The van der Waals surface area contributed by atoms with Crippen LogP contribution in [0.2, 0.25) is 0 Å². The zero-order valence-electron chi connectivity index (χ0n) is 16.0. The molecule has 1 unspecified atom stereocenters. The van der Waals surface area contributed by atoms with Crippen LogP contribution in [0.15, 0.2) is 54.6 Å². The molecule has 0 saturated heterocycles. The van der Waals surface area contributed by atoms with E-state index >= 15 is 0 Å². The standard InChI is InChI=1S/C23H21NO4S/c1-28-23(27)20-18-12-9-16(14-5-3-2-4-6-14)13-19(18)29-22(20)24-21(26)15-7-10-17(25)11-8-15/h2-8,10-11,16,25H,9,12-13H2,1H3,(H,24,26). The van der Waals surface area contributed by atoms with E-state index in [0.717, 1.165) is 29.7 Å². The van der Waals surface area contributed by atoms with Gasteiger partial charge in [-0.1, -0.05) is 30.3 Å². The predicted molar refractivity (Wildman–Crippen MR) is 113 cm³/mol. The fraction of sp³-hybridized carbons (Fsp3) is 0.217. The second kappa shape index (κ2) is 8.09. The minimum absolute atomic E-state index is 0.0929. The van der Waals surface area contributed by atoms with Crippen LogP contribution in [-0.2, 0) is 17.6 Å². The van der Waals surface area contributed by atoms with Gasteiger partial charge in [0.1, 0.15) is 10.8 Å². The Balaban J connectivity index is 1.64. The number of carbonyl (C=O) groups is 2. The minimum atomic E-state index is -0.429. The van der Waals surface area contributed by atoms with Crippen molar-refractivity contribution in [2.75, 3.05) is 12.4 Å². The highest BCUT2D eigenvalue weighted by Crippen LogP contribution is 2.42. The number of aromatic hydroxyl groups is 1. The molecule has 0 fully saturated rings. The van der Waals surface area contributed by atoms with E-state index in [1.807, 2.05) is 18.2 Å². The van der Waals surface area contributed by atoms with Gasteiger partial charge in [0.15, 0.2) is 0 Å². The molecule has 1 amide bonds. The molecule has 2 aromatic carbocycles. The normalized spacial score (nSPS) is 15.4. The average molecular weight is 407 g/mol. The van der Waals surface area contributed by atoms with Gasteiger partial charge in [-0.3, -0.25) is 4.79 Å². The summed E-state index contributed by atoms with van der Waals surface area (Å²) < 4.78 is 5.00. The zero-order valence-corrected chi connectivity index (χ0v) is 16.8. The number of hydrogen-bond donors (Lipinski definition) is 2. The predicted octanol–water partition coefficient (Wildman–Crippen LogP) is 4.77. The maximum atomic E-state index is 12.6. The van der Waals surface area contributed by atoms with Crippen LogP contribution in [0.3, 0.4) is 0 Å². The summed E-state index contributed by atoms with van der Waals surface area (Å²) in [7, 11) is 1.35. The van der Waals surface area contributed by atoms with E-state index in [0.29, 0.717) is 22.0 Å². The summed E-state index contributed by atoms with van der Waals surface area (Å²) in [6.07, 6.45) is 2.55. The summed E-state index contributed by atoms with van der Waals surface area (Å²) >= 11 is 1.45. The Morgan fingerprint density at radius 1 is 1.10 bits per heavy atom. The molecule has 1 aliphatic rings. The molecule has 29 heavy (non-hydrogen) atoms. The molecule has 1 aliphatic carbocycles. The second-order valence-electron chi connectivity index (χ2n) is 7.05. The van der Waals surface area contributed by atoms with E-state index < -0.39 is 5.97 Å². The summed E-state index contributed by atoms with van der Waals surface area (Å²) in [4.78, 5) is 26.2. The van der Waals surface area contributed by atoms with Crippen LogP contribution in [0, 0.1) is 0 Å². The lowest BCUT2D eigenvalue weighted by Gasteiger charge is -2.22. The van der Waals surface area contributed by atoms with Crippen molar-refractivity contribution in [3.63, 3.8) is 0 Å². The molecule has 5 nitrogen and oxygen atoms in total. The van der Waals surface area contributed by atoms with Crippen molar-refractivity contribution >= 4 is 28.2 Å². The molecule has 148 valence electrons. The van der Waals surface area contributed by atoms with Crippen LogP contribution in [0.4, 0.5) is 5.00 Å². The topological polar surface area (TPSA) is 75.6 Å². The Bertz CT molecular complexity index is 1040. The van der Waals surface area contributed by atoms with Gasteiger partial charge in [-0.05, 0) is 60.6 Å². The second-order valence-corrected chi connectivity index (χ2v) is 8.16. The number of phenols is 1. The fourth-order valence-electron chi connectivity index (χ4n) is 3.79. The maximum Gasteiger partial charge on any atom is 0.341 e. The molecule has 0 bridgehead atoms. The van der Waals surface area contributed by atoms with Crippen molar-refractivity contribution in [1.29, 1.82) is 0 Å². The van der Waals surface area contributed by atoms with Crippen molar-refractivity contribution in [3.8, 4) is 5.75 Å². The molecule has 0 aliphatic heterocycles. The molecular weight excluding hydrogens is 386 g/mol. The summed E-state index contributed by atoms with van der Waals surface area (Å²) in [5.74, 6) is -0.265. The van der Waals surface area contributed by atoms with Crippen molar-refractivity contribution in [1.82, 2.24) is 0 Å². The van der Waals surface area contributed by atoms with E-state index in [-0.39, 0.29) is 11.7 Å². The van der Waals surface area contributed by atoms with E-state index in [9.17, 15) is 14.7 Å². The fourth-order valence-corrected chi connectivity index (χ4v) is 5.10. The van der Waals surface area contributed by atoms with Crippen LogP contribution < -0.4 is 5.32 Å². The summed E-state index contributed by atoms with van der Waals surface area (Å²) in [5, 5.41) is 12.8. The Hall–Kier alpha value is -3.12. The highest BCUT2D eigenvalue weighted by molar-refractivity contribution is 7.17. The molecule has 2 N–H and O–H groups in total. The number of thiophene rings is 1. The van der Waals surface area contributed by atoms with Gasteiger partial charge in [0.05, 0.1) is 12.7 Å². The van der Waals surface area contributed by atoms with Crippen LogP contribution in [0.1, 0.15) is 49.1 Å². The monoisotopic (exact) mass is 407 g/mol. The molecular formula is C23H21NO4S. The van der Waals surface area contributed by atoms with E-state index in [2.05, 4.69) is 17.4 Å². The van der Waals surface area contributed by atoms with Gasteiger partial charge in [0.2, 0.25) is 0 Å². The van der Waals surface area contributed by atoms with Gasteiger partial charge in [0.25, 0.3) is 5.91 Å². The molecule has 1 aromatic heterocycles. The van der Waals surface area contributed by atoms with Gasteiger partial charge in [-0.15, -0.1) is 11.3 Å². The number of hydrogen-bond acceptors (Lipinski definition) is 5. The first-order valence-electron chi connectivity index (χ1n) is 9.45. The Morgan fingerprint density at radius 3 is 2.52 bits per heavy atom. The van der Waals surface area contributed by atoms with Crippen LogP contribution >= 0.6 is 11.3 Å². The van der Waals surface area contributed by atoms with Gasteiger partial charge >= 0.3 is 5.97 Å². The molecule has 1 atom stereocenters. The number of methoxy groups -OCH3 is 1. The highest BCUT2D eigenvalue weighted by Gasteiger charge is 2.30. The first kappa shape index (κ1) is 19.2. The smallest absolute Gasteiger partial charge is 0.341 e. The molecule has 0 saturated carbocycles. The highest BCUT2D eigenvalue weighted by atomic mass is 32.1. The molecule has 0 radical (unpaired) electrons. The number of carbonyl (C=O) groups excluding carboxylic acids is 2. The largest absolute Gasteiger partial charge is 0.508 e. The Kier molecular flexibility index (Phi) is 5.36. The average Bonchev–Trinajstić information content (AvgIpc) is 3.11. The third-order valence-electron chi connectivity index (χ3n) is 5.28. The number of anilines is 1. The van der Waals surface area contributed by atoms with E-state index in [1.54, 1.807) is 12.1 Å². The minimum Gasteiger partial charge on any atom is -0.508 e. The van der Waals surface area contributed by atoms with Crippen molar-refractivity contribution in [3.05, 3.63) is 81.7 Å². The zero-order chi connectivity index (χ0) is 20.4. The molecule has 3 aromatic rings. The number of rotatable bonds is 4. The number of esters is 1. The summed E-state index contributed by atoms with van der Waals surface area (Å²) in [5.41, 5.74) is 3.15. The SMILES string of the molecule is COC(=O)c1c(NC(=O)c2ccc(O)cc2)sc2c1CCC(c1ccccc1)C2. The maximum absolute atomic E-state index is 12.6.